The second-order valence-corrected chi connectivity index (χ2v) is 3.87. The first kappa shape index (κ1) is 12.6. The molecule has 0 saturated heterocycles. The topological polar surface area (TPSA) is 64.9 Å². The highest BCUT2D eigenvalue weighted by Gasteiger charge is 2.12. The van der Waals surface area contributed by atoms with Crippen LogP contribution < -0.4 is 5.73 Å². The number of benzene rings is 1. The molecule has 2 rings (SSSR count). The normalized spacial score (nSPS) is 10.8. The standard InChI is InChI=1S/C12H13F2N3O/c13-9-4-1-3-8(12(9)14)7-11-17-16-10(18-11)5-2-6-15/h1,3-4H,2,5-7,15H2. The molecule has 1 heterocycles. The van der Waals surface area contributed by atoms with Crippen molar-refractivity contribution in [3.8, 4) is 0 Å². The number of hydrogen-bond donors (Lipinski definition) is 1. The first-order valence-electron chi connectivity index (χ1n) is 5.65. The average molecular weight is 253 g/mol. The second-order valence-electron chi connectivity index (χ2n) is 3.87. The molecule has 96 valence electrons. The van der Waals surface area contributed by atoms with E-state index in [1.807, 2.05) is 0 Å². The van der Waals surface area contributed by atoms with Crippen molar-refractivity contribution in [3.63, 3.8) is 0 Å². The van der Waals surface area contributed by atoms with Crippen LogP contribution in [0.25, 0.3) is 0 Å². The zero-order valence-corrected chi connectivity index (χ0v) is 9.70. The molecule has 0 saturated carbocycles. The van der Waals surface area contributed by atoms with Crippen LogP contribution in [0, 0.1) is 11.6 Å². The van der Waals surface area contributed by atoms with E-state index in [4.69, 9.17) is 10.2 Å². The van der Waals surface area contributed by atoms with Gasteiger partial charge in [0.15, 0.2) is 11.6 Å². The molecule has 1 aromatic carbocycles. The van der Waals surface area contributed by atoms with Gasteiger partial charge in [0.25, 0.3) is 0 Å². The summed E-state index contributed by atoms with van der Waals surface area (Å²) >= 11 is 0. The zero-order valence-electron chi connectivity index (χ0n) is 9.70. The van der Waals surface area contributed by atoms with Crippen molar-refractivity contribution in [2.45, 2.75) is 19.3 Å². The lowest BCUT2D eigenvalue weighted by molar-refractivity contribution is 0.446. The predicted molar refractivity (Wildman–Crippen MR) is 60.8 cm³/mol. The Morgan fingerprint density at radius 3 is 2.72 bits per heavy atom. The minimum absolute atomic E-state index is 0.0826. The van der Waals surface area contributed by atoms with Crippen LogP contribution >= 0.6 is 0 Å². The lowest BCUT2D eigenvalue weighted by atomic mass is 10.1. The maximum atomic E-state index is 13.4. The van der Waals surface area contributed by atoms with E-state index < -0.39 is 11.6 Å². The first-order chi connectivity index (χ1) is 8.70. The molecule has 2 aromatic rings. The monoisotopic (exact) mass is 253 g/mol. The predicted octanol–water partition coefficient (Wildman–Crippen LogP) is 1.83. The molecule has 0 atom stereocenters. The summed E-state index contributed by atoms with van der Waals surface area (Å²) in [4.78, 5) is 0. The number of aromatic nitrogens is 2. The maximum Gasteiger partial charge on any atom is 0.221 e. The number of nitrogens with zero attached hydrogens (tertiary/aromatic N) is 2. The lowest BCUT2D eigenvalue weighted by Gasteiger charge is -2.00. The van der Waals surface area contributed by atoms with E-state index in [1.165, 1.54) is 12.1 Å². The third kappa shape index (κ3) is 2.89. The van der Waals surface area contributed by atoms with Crippen LogP contribution in [0.15, 0.2) is 22.6 Å². The van der Waals surface area contributed by atoms with Gasteiger partial charge in [0.05, 0.1) is 6.42 Å². The molecule has 0 aliphatic rings. The fourth-order valence-electron chi connectivity index (χ4n) is 1.56. The molecule has 0 aliphatic carbocycles. The van der Waals surface area contributed by atoms with Crippen LogP contribution in [0.2, 0.25) is 0 Å². The summed E-state index contributed by atoms with van der Waals surface area (Å²) in [5.41, 5.74) is 5.56. The molecule has 0 radical (unpaired) electrons. The fraction of sp³-hybridized carbons (Fsp3) is 0.333. The van der Waals surface area contributed by atoms with Crippen molar-refractivity contribution in [1.29, 1.82) is 0 Å². The van der Waals surface area contributed by atoms with E-state index in [-0.39, 0.29) is 17.9 Å². The van der Waals surface area contributed by atoms with Crippen LogP contribution in [-0.2, 0) is 12.8 Å². The second kappa shape index (κ2) is 5.68. The van der Waals surface area contributed by atoms with Gasteiger partial charge in [0, 0.05) is 12.0 Å². The Balaban J connectivity index is 2.09. The van der Waals surface area contributed by atoms with Crippen LogP contribution in [-0.4, -0.2) is 16.7 Å². The summed E-state index contributed by atoms with van der Waals surface area (Å²) in [6.07, 6.45) is 1.42. The Morgan fingerprint density at radius 2 is 1.94 bits per heavy atom. The molecule has 0 bridgehead atoms. The lowest BCUT2D eigenvalue weighted by Crippen LogP contribution is -2.00. The van der Waals surface area contributed by atoms with E-state index in [2.05, 4.69) is 10.2 Å². The SMILES string of the molecule is NCCCc1nnc(Cc2cccc(F)c2F)o1. The van der Waals surface area contributed by atoms with Crippen molar-refractivity contribution in [2.24, 2.45) is 5.73 Å². The molecule has 0 unspecified atom stereocenters. The molecule has 2 N–H and O–H groups in total. The highest BCUT2D eigenvalue weighted by molar-refractivity contribution is 5.21. The molecule has 6 heteroatoms. The highest BCUT2D eigenvalue weighted by atomic mass is 19.2. The Labute approximate surface area is 103 Å². The number of aryl methyl sites for hydroxylation is 1. The van der Waals surface area contributed by atoms with E-state index in [0.29, 0.717) is 18.9 Å². The minimum atomic E-state index is -0.879. The minimum Gasteiger partial charge on any atom is -0.425 e. The van der Waals surface area contributed by atoms with Gasteiger partial charge in [-0.1, -0.05) is 12.1 Å². The van der Waals surface area contributed by atoms with Crippen molar-refractivity contribution in [1.82, 2.24) is 10.2 Å². The molecular weight excluding hydrogens is 240 g/mol. The van der Waals surface area contributed by atoms with E-state index >= 15 is 0 Å². The van der Waals surface area contributed by atoms with Gasteiger partial charge < -0.3 is 10.2 Å². The smallest absolute Gasteiger partial charge is 0.221 e. The van der Waals surface area contributed by atoms with Gasteiger partial charge in [-0.25, -0.2) is 8.78 Å². The molecule has 0 spiro atoms. The largest absolute Gasteiger partial charge is 0.425 e. The number of nitrogens with two attached hydrogens (primary N) is 1. The summed E-state index contributed by atoms with van der Waals surface area (Å²) in [7, 11) is 0. The summed E-state index contributed by atoms with van der Waals surface area (Å²) in [5.74, 6) is -1.02. The molecule has 0 aliphatic heterocycles. The molecule has 0 amide bonds. The summed E-state index contributed by atoms with van der Waals surface area (Å²) in [6.45, 7) is 0.538. The number of rotatable bonds is 5. The van der Waals surface area contributed by atoms with E-state index in [9.17, 15) is 8.78 Å². The molecular formula is C12H13F2N3O. The van der Waals surface area contributed by atoms with Gasteiger partial charge in [0.1, 0.15) is 0 Å². The van der Waals surface area contributed by atoms with Gasteiger partial charge in [-0.2, -0.15) is 0 Å². The van der Waals surface area contributed by atoms with Crippen molar-refractivity contribution in [2.75, 3.05) is 6.54 Å². The van der Waals surface area contributed by atoms with Gasteiger partial charge >= 0.3 is 0 Å². The third-order valence-electron chi connectivity index (χ3n) is 2.48. The van der Waals surface area contributed by atoms with Gasteiger partial charge in [-0.05, 0) is 19.0 Å². The van der Waals surface area contributed by atoms with Gasteiger partial charge in [0.2, 0.25) is 11.8 Å². The Kier molecular flexibility index (Phi) is 3.99. The quantitative estimate of drug-likeness (QED) is 0.882. The van der Waals surface area contributed by atoms with Crippen LogP contribution in [0.1, 0.15) is 23.8 Å². The molecule has 4 nitrogen and oxygen atoms in total. The Bertz CT molecular complexity index is 528. The summed E-state index contributed by atoms with van der Waals surface area (Å²) < 4.78 is 31.7. The third-order valence-corrected chi connectivity index (χ3v) is 2.48. The van der Waals surface area contributed by atoms with Crippen molar-refractivity contribution < 1.29 is 13.2 Å². The zero-order chi connectivity index (χ0) is 13.0. The highest BCUT2D eigenvalue weighted by Crippen LogP contribution is 2.15. The summed E-state index contributed by atoms with van der Waals surface area (Å²) in [6, 6.07) is 4.00. The first-order valence-corrected chi connectivity index (χ1v) is 5.65. The average Bonchev–Trinajstić information content (AvgIpc) is 2.80. The Morgan fingerprint density at radius 1 is 1.17 bits per heavy atom. The Hall–Kier alpha value is -1.82. The molecule has 18 heavy (non-hydrogen) atoms. The van der Waals surface area contributed by atoms with Crippen molar-refractivity contribution >= 4 is 0 Å². The van der Waals surface area contributed by atoms with Crippen LogP contribution in [0.4, 0.5) is 8.78 Å². The number of halogens is 2. The molecule has 0 fully saturated rings. The fourth-order valence-corrected chi connectivity index (χ4v) is 1.56. The van der Waals surface area contributed by atoms with Gasteiger partial charge in [-0.3, -0.25) is 0 Å². The van der Waals surface area contributed by atoms with E-state index in [1.54, 1.807) is 0 Å². The maximum absolute atomic E-state index is 13.4. The number of hydrogen-bond acceptors (Lipinski definition) is 4. The van der Waals surface area contributed by atoms with Crippen molar-refractivity contribution in [3.05, 3.63) is 47.2 Å². The van der Waals surface area contributed by atoms with Crippen LogP contribution in [0.3, 0.4) is 0 Å². The molecule has 1 aromatic heterocycles. The van der Waals surface area contributed by atoms with Gasteiger partial charge in [-0.15, -0.1) is 10.2 Å². The van der Waals surface area contributed by atoms with E-state index in [0.717, 1.165) is 12.5 Å². The van der Waals surface area contributed by atoms with Crippen LogP contribution in [0.5, 0.6) is 0 Å². The summed E-state index contributed by atoms with van der Waals surface area (Å²) in [5, 5.41) is 7.60.